The summed E-state index contributed by atoms with van der Waals surface area (Å²) < 4.78 is 12.8. The number of carbonyl (C=O) groups excluding carboxylic acids is 1. The number of benzene rings is 2. The highest BCUT2D eigenvalue weighted by atomic mass is 32.2. The van der Waals surface area contributed by atoms with Crippen molar-refractivity contribution in [2.24, 2.45) is 0 Å². The first kappa shape index (κ1) is 19.9. The quantitative estimate of drug-likeness (QED) is 0.418. The third-order valence-electron chi connectivity index (χ3n) is 4.37. The van der Waals surface area contributed by atoms with Gasteiger partial charge in [-0.15, -0.1) is 10.2 Å². The molecule has 3 aromatic rings. The van der Waals surface area contributed by atoms with Gasteiger partial charge < -0.3 is 14.0 Å². The predicted octanol–water partition coefficient (Wildman–Crippen LogP) is 4.27. The Balaban J connectivity index is 1.84. The minimum atomic E-state index is -0.00459. The van der Waals surface area contributed by atoms with E-state index < -0.39 is 0 Å². The maximum absolute atomic E-state index is 12.7. The third kappa shape index (κ3) is 4.04. The molecule has 0 amide bonds. The first-order valence-corrected chi connectivity index (χ1v) is 9.94. The molecule has 0 aliphatic carbocycles. The van der Waals surface area contributed by atoms with Crippen LogP contribution in [0.25, 0.3) is 11.4 Å². The number of ether oxygens (including phenoxy) is 2. The fourth-order valence-corrected chi connectivity index (χ4v) is 3.84. The van der Waals surface area contributed by atoms with Gasteiger partial charge in [-0.3, -0.25) is 4.79 Å². The van der Waals surface area contributed by atoms with Crippen molar-refractivity contribution in [2.75, 3.05) is 20.0 Å². The Morgan fingerprint density at radius 2 is 1.82 bits per heavy atom. The van der Waals surface area contributed by atoms with Gasteiger partial charge in [-0.05, 0) is 38.1 Å². The van der Waals surface area contributed by atoms with E-state index in [0.717, 1.165) is 22.7 Å². The lowest BCUT2D eigenvalue weighted by Gasteiger charge is -2.11. The fraction of sp³-hybridized carbons (Fsp3) is 0.286. The molecule has 0 aliphatic rings. The summed E-state index contributed by atoms with van der Waals surface area (Å²) >= 11 is 1.37. The highest BCUT2D eigenvalue weighted by molar-refractivity contribution is 7.99. The molecule has 146 valence electrons. The second kappa shape index (κ2) is 8.93. The van der Waals surface area contributed by atoms with Crippen molar-refractivity contribution in [3.8, 4) is 22.9 Å². The van der Waals surface area contributed by atoms with E-state index in [2.05, 4.69) is 10.2 Å². The van der Waals surface area contributed by atoms with Gasteiger partial charge in [0.1, 0.15) is 11.5 Å². The average molecular weight is 398 g/mol. The van der Waals surface area contributed by atoms with Gasteiger partial charge in [-0.2, -0.15) is 0 Å². The molecule has 0 saturated heterocycles. The highest BCUT2D eigenvalue weighted by Gasteiger charge is 2.19. The van der Waals surface area contributed by atoms with Crippen LogP contribution in [0.1, 0.15) is 22.8 Å². The molecule has 0 unspecified atom stereocenters. The molecule has 7 heteroatoms. The van der Waals surface area contributed by atoms with E-state index in [-0.39, 0.29) is 11.5 Å². The fourth-order valence-electron chi connectivity index (χ4n) is 2.96. The maximum Gasteiger partial charge on any atom is 0.191 e. The molecule has 0 bridgehead atoms. The van der Waals surface area contributed by atoms with Crippen molar-refractivity contribution >= 4 is 17.5 Å². The number of ketones is 1. The van der Waals surface area contributed by atoms with E-state index in [1.807, 2.05) is 60.9 Å². The Bertz CT molecular complexity index is 985. The van der Waals surface area contributed by atoms with Crippen LogP contribution in [0.5, 0.6) is 11.5 Å². The van der Waals surface area contributed by atoms with Crippen molar-refractivity contribution in [3.05, 3.63) is 53.6 Å². The van der Waals surface area contributed by atoms with Crippen LogP contribution in [0.4, 0.5) is 0 Å². The van der Waals surface area contributed by atoms with E-state index >= 15 is 0 Å². The zero-order valence-corrected chi connectivity index (χ0v) is 17.2. The summed E-state index contributed by atoms with van der Waals surface area (Å²) in [6, 6.07) is 13.3. The smallest absolute Gasteiger partial charge is 0.191 e. The van der Waals surface area contributed by atoms with Crippen molar-refractivity contribution in [2.45, 2.75) is 25.5 Å². The number of thioether (sulfide) groups is 1. The normalized spacial score (nSPS) is 10.7. The van der Waals surface area contributed by atoms with Crippen LogP contribution in [-0.4, -0.2) is 40.5 Å². The van der Waals surface area contributed by atoms with Crippen LogP contribution in [0.2, 0.25) is 0 Å². The molecule has 0 saturated carbocycles. The first-order chi connectivity index (χ1) is 13.6. The number of methoxy groups -OCH3 is 2. The van der Waals surface area contributed by atoms with Gasteiger partial charge in [0.2, 0.25) is 0 Å². The minimum absolute atomic E-state index is 0.00459. The second-order valence-electron chi connectivity index (χ2n) is 6.17. The Morgan fingerprint density at radius 1 is 1.07 bits per heavy atom. The first-order valence-electron chi connectivity index (χ1n) is 8.96. The molecular weight excluding hydrogens is 374 g/mol. The van der Waals surface area contributed by atoms with Crippen LogP contribution in [0.15, 0.2) is 47.6 Å². The number of para-hydroxylation sites is 1. The topological polar surface area (TPSA) is 66.2 Å². The molecule has 0 N–H and O–H groups in total. The van der Waals surface area contributed by atoms with Crippen molar-refractivity contribution in [1.29, 1.82) is 0 Å². The summed E-state index contributed by atoms with van der Waals surface area (Å²) in [5, 5.41) is 9.34. The molecule has 6 nitrogen and oxygen atoms in total. The Labute approximate surface area is 168 Å². The molecule has 0 spiro atoms. The Hall–Kier alpha value is -2.80. The minimum Gasteiger partial charge on any atom is -0.496 e. The van der Waals surface area contributed by atoms with Gasteiger partial charge in [-0.1, -0.05) is 35.5 Å². The summed E-state index contributed by atoms with van der Waals surface area (Å²) in [5.41, 5.74) is 2.48. The van der Waals surface area contributed by atoms with Gasteiger partial charge in [0.15, 0.2) is 16.8 Å². The van der Waals surface area contributed by atoms with Crippen LogP contribution in [0.3, 0.4) is 0 Å². The number of hydrogen-bond acceptors (Lipinski definition) is 6. The van der Waals surface area contributed by atoms with Gasteiger partial charge in [0, 0.05) is 6.54 Å². The van der Waals surface area contributed by atoms with Crippen molar-refractivity contribution in [1.82, 2.24) is 14.8 Å². The molecule has 28 heavy (non-hydrogen) atoms. The number of hydrogen-bond donors (Lipinski definition) is 0. The second-order valence-corrected chi connectivity index (χ2v) is 7.11. The summed E-state index contributed by atoms with van der Waals surface area (Å²) in [7, 11) is 3.21. The highest BCUT2D eigenvalue weighted by Crippen LogP contribution is 2.31. The van der Waals surface area contributed by atoms with Gasteiger partial charge in [0.05, 0.1) is 31.1 Å². The number of nitrogens with zero attached hydrogens (tertiary/aromatic N) is 3. The zero-order chi connectivity index (χ0) is 20.1. The van der Waals surface area contributed by atoms with E-state index in [1.165, 1.54) is 11.8 Å². The van der Waals surface area contributed by atoms with E-state index in [4.69, 9.17) is 9.47 Å². The molecule has 2 aromatic carbocycles. The van der Waals surface area contributed by atoms with Crippen molar-refractivity contribution < 1.29 is 14.3 Å². The Kier molecular flexibility index (Phi) is 6.36. The van der Waals surface area contributed by atoms with Crippen molar-refractivity contribution in [3.63, 3.8) is 0 Å². The van der Waals surface area contributed by atoms with E-state index in [1.54, 1.807) is 14.2 Å². The molecule has 0 radical (unpaired) electrons. The lowest BCUT2D eigenvalue weighted by molar-refractivity contribution is 0.101. The average Bonchev–Trinajstić information content (AvgIpc) is 3.14. The SMILES string of the molecule is CCn1c(SCC(=O)c2cc(C)ccc2OC)nnc1-c1ccccc1OC. The number of carbonyl (C=O) groups is 1. The summed E-state index contributed by atoms with van der Waals surface area (Å²) in [4.78, 5) is 12.7. The molecular formula is C21H23N3O3S. The van der Waals surface area contributed by atoms with E-state index in [0.29, 0.717) is 23.0 Å². The zero-order valence-electron chi connectivity index (χ0n) is 16.4. The molecule has 0 aliphatic heterocycles. The summed E-state index contributed by atoms with van der Waals surface area (Å²) in [6.45, 7) is 4.67. The van der Waals surface area contributed by atoms with Crippen LogP contribution in [-0.2, 0) is 6.54 Å². The Morgan fingerprint density at radius 3 is 2.54 bits per heavy atom. The number of rotatable bonds is 8. The number of Topliss-reactive ketones (excluding diaryl/α,β-unsaturated/α-hetero) is 1. The van der Waals surface area contributed by atoms with Crippen LogP contribution < -0.4 is 9.47 Å². The largest absolute Gasteiger partial charge is 0.496 e. The standard InChI is InChI=1S/C21H23N3O3S/c1-5-24-20(15-8-6-7-9-18(15)26-3)22-23-21(24)28-13-17(25)16-12-14(2)10-11-19(16)27-4/h6-12H,5,13H2,1-4H3. The summed E-state index contributed by atoms with van der Waals surface area (Å²) in [5.74, 6) is 2.30. The number of aromatic nitrogens is 3. The third-order valence-corrected chi connectivity index (χ3v) is 5.34. The van der Waals surface area contributed by atoms with Gasteiger partial charge in [-0.25, -0.2) is 0 Å². The van der Waals surface area contributed by atoms with Crippen LogP contribution >= 0.6 is 11.8 Å². The predicted molar refractivity (Wildman–Crippen MR) is 110 cm³/mol. The molecule has 0 atom stereocenters. The van der Waals surface area contributed by atoms with Gasteiger partial charge in [0.25, 0.3) is 0 Å². The lowest BCUT2D eigenvalue weighted by Crippen LogP contribution is -2.07. The summed E-state index contributed by atoms with van der Waals surface area (Å²) in [6.07, 6.45) is 0. The molecule has 0 fully saturated rings. The number of aryl methyl sites for hydroxylation is 1. The lowest BCUT2D eigenvalue weighted by atomic mass is 10.1. The maximum atomic E-state index is 12.7. The molecule has 3 rings (SSSR count). The molecule has 1 heterocycles. The van der Waals surface area contributed by atoms with Crippen LogP contribution in [0, 0.1) is 6.92 Å². The van der Waals surface area contributed by atoms with Gasteiger partial charge >= 0.3 is 0 Å². The monoisotopic (exact) mass is 397 g/mol. The molecule has 1 aromatic heterocycles. The van der Waals surface area contributed by atoms with E-state index in [9.17, 15) is 4.79 Å².